The number of ether oxygens (including phenoxy) is 1. The molecule has 4 rings (SSSR count). The van der Waals surface area contributed by atoms with Crippen LogP contribution in [0.1, 0.15) is 24.8 Å². The van der Waals surface area contributed by atoms with Crippen LogP contribution in [0.3, 0.4) is 0 Å². The minimum absolute atomic E-state index is 0.0665. The number of sulfonamides is 1. The molecule has 1 aromatic rings. The first kappa shape index (κ1) is 15.7. The maximum absolute atomic E-state index is 12.2. The highest BCUT2D eigenvalue weighted by molar-refractivity contribution is 7.90. The first-order valence-electron chi connectivity index (χ1n) is 8.41. The molecule has 1 amide bonds. The summed E-state index contributed by atoms with van der Waals surface area (Å²) in [6.07, 6.45) is 6.49. The van der Waals surface area contributed by atoms with Gasteiger partial charge >= 0.3 is 6.09 Å². The van der Waals surface area contributed by atoms with Crippen molar-refractivity contribution in [1.82, 2.24) is 4.72 Å². The normalized spacial score (nSPS) is 33.5. The van der Waals surface area contributed by atoms with E-state index in [1.807, 2.05) is 11.6 Å². The Morgan fingerprint density at radius 1 is 1.17 bits per heavy atom. The summed E-state index contributed by atoms with van der Waals surface area (Å²) in [5, 5.41) is 0. The Bertz CT molecular complexity index is 784. The van der Waals surface area contributed by atoms with Gasteiger partial charge in [0, 0.05) is 5.92 Å². The van der Waals surface area contributed by atoms with Crippen molar-refractivity contribution in [2.75, 3.05) is 0 Å². The Morgan fingerprint density at radius 3 is 2.67 bits per heavy atom. The number of aryl methyl sites for hydroxylation is 1. The molecule has 2 fully saturated rings. The molecule has 5 nitrogen and oxygen atoms in total. The Morgan fingerprint density at radius 2 is 1.92 bits per heavy atom. The van der Waals surface area contributed by atoms with Crippen LogP contribution in [0, 0.1) is 30.6 Å². The molecule has 0 heterocycles. The maximum atomic E-state index is 12.2. The van der Waals surface area contributed by atoms with Gasteiger partial charge in [0.15, 0.2) is 0 Å². The zero-order valence-electron chi connectivity index (χ0n) is 13.5. The van der Waals surface area contributed by atoms with Crippen LogP contribution in [0.25, 0.3) is 0 Å². The van der Waals surface area contributed by atoms with Crippen LogP contribution in [0.4, 0.5) is 4.79 Å². The lowest BCUT2D eigenvalue weighted by molar-refractivity contribution is 0.0454. The first-order chi connectivity index (χ1) is 11.4. The summed E-state index contributed by atoms with van der Waals surface area (Å²) < 4.78 is 32.0. The lowest BCUT2D eigenvalue weighted by Crippen LogP contribution is -2.38. The van der Waals surface area contributed by atoms with Crippen LogP contribution in [-0.4, -0.2) is 20.6 Å². The number of amides is 1. The topological polar surface area (TPSA) is 72.5 Å². The summed E-state index contributed by atoms with van der Waals surface area (Å²) in [5.41, 5.74) is 0.956. The third kappa shape index (κ3) is 2.62. The summed E-state index contributed by atoms with van der Waals surface area (Å²) in [4.78, 5) is 12.2. The second-order valence-electron chi connectivity index (χ2n) is 7.16. The van der Waals surface area contributed by atoms with Gasteiger partial charge < -0.3 is 4.74 Å². The van der Waals surface area contributed by atoms with Crippen molar-refractivity contribution in [3.8, 4) is 0 Å². The molecule has 0 radical (unpaired) electrons. The van der Waals surface area contributed by atoms with Crippen molar-refractivity contribution >= 4 is 16.1 Å². The molecule has 1 aromatic carbocycles. The highest BCUT2D eigenvalue weighted by Crippen LogP contribution is 2.57. The van der Waals surface area contributed by atoms with Gasteiger partial charge in [0.2, 0.25) is 0 Å². The average Bonchev–Trinajstić information content (AvgIpc) is 3.19. The molecule has 24 heavy (non-hydrogen) atoms. The van der Waals surface area contributed by atoms with Gasteiger partial charge in [-0.15, -0.1) is 0 Å². The molecule has 0 unspecified atom stereocenters. The maximum Gasteiger partial charge on any atom is 0.421 e. The van der Waals surface area contributed by atoms with Crippen molar-refractivity contribution in [1.29, 1.82) is 0 Å². The van der Waals surface area contributed by atoms with E-state index in [0.717, 1.165) is 24.8 Å². The smallest absolute Gasteiger partial charge is 0.421 e. The van der Waals surface area contributed by atoms with E-state index in [4.69, 9.17) is 4.74 Å². The molecular weight excluding hydrogens is 326 g/mol. The molecule has 1 N–H and O–H groups in total. The molecule has 3 aliphatic carbocycles. The van der Waals surface area contributed by atoms with Crippen LogP contribution in [-0.2, 0) is 14.8 Å². The van der Waals surface area contributed by atoms with Gasteiger partial charge in [-0.2, -0.15) is 0 Å². The summed E-state index contributed by atoms with van der Waals surface area (Å²) in [6, 6.07) is 6.36. The zero-order chi connectivity index (χ0) is 16.9. The Hall–Kier alpha value is -1.82. The summed E-state index contributed by atoms with van der Waals surface area (Å²) in [7, 11) is -3.89. The van der Waals surface area contributed by atoms with Gasteiger partial charge in [-0.05, 0) is 56.1 Å². The Kier molecular flexibility index (Phi) is 3.67. The van der Waals surface area contributed by atoms with Crippen LogP contribution in [0.15, 0.2) is 41.3 Å². The van der Waals surface area contributed by atoms with Crippen molar-refractivity contribution < 1.29 is 17.9 Å². The number of nitrogens with one attached hydrogen (secondary N) is 1. The molecule has 6 heteroatoms. The number of hydrogen-bond donors (Lipinski definition) is 1. The van der Waals surface area contributed by atoms with E-state index in [2.05, 4.69) is 12.2 Å². The van der Waals surface area contributed by atoms with E-state index in [1.54, 1.807) is 12.1 Å². The largest absolute Gasteiger partial charge is 0.445 e. The quantitative estimate of drug-likeness (QED) is 0.853. The molecular formula is C18H21NO4S. The molecule has 5 atom stereocenters. The number of benzene rings is 1. The molecule has 2 bridgehead atoms. The number of hydrogen-bond acceptors (Lipinski definition) is 4. The van der Waals surface area contributed by atoms with Crippen molar-refractivity contribution in [2.45, 2.75) is 37.2 Å². The van der Waals surface area contributed by atoms with E-state index in [0.29, 0.717) is 23.7 Å². The zero-order valence-corrected chi connectivity index (χ0v) is 14.3. The minimum atomic E-state index is -3.89. The van der Waals surface area contributed by atoms with Gasteiger partial charge in [-0.25, -0.2) is 17.9 Å². The van der Waals surface area contributed by atoms with Crippen LogP contribution >= 0.6 is 0 Å². The lowest BCUT2D eigenvalue weighted by atomic mass is 9.80. The molecule has 128 valence electrons. The van der Waals surface area contributed by atoms with E-state index < -0.39 is 16.1 Å². The Labute approximate surface area is 142 Å². The van der Waals surface area contributed by atoms with Crippen LogP contribution in [0.2, 0.25) is 0 Å². The van der Waals surface area contributed by atoms with Crippen molar-refractivity contribution in [3.63, 3.8) is 0 Å². The number of carbonyl (C=O) groups excluding carboxylic acids is 1. The average molecular weight is 347 g/mol. The van der Waals surface area contributed by atoms with E-state index in [1.165, 1.54) is 12.1 Å². The van der Waals surface area contributed by atoms with E-state index in [-0.39, 0.29) is 11.0 Å². The fraction of sp³-hybridized carbons (Fsp3) is 0.500. The highest BCUT2D eigenvalue weighted by atomic mass is 32.2. The summed E-state index contributed by atoms with van der Waals surface area (Å²) in [5.74, 6) is 2.14. The lowest BCUT2D eigenvalue weighted by Gasteiger charge is -2.30. The third-order valence-electron chi connectivity index (χ3n) is 5.76. The standard InChI is InChI=1S/C18H21NO4S/c1-11-5-7-13(8-6-11)24(21,22)19-18(20)23-17-10-12-9-16(17)15-4-2-3-14(12)15/h2,4-8,12,14-17H,3,9-10H2,1H3,(H,19,20)/t12-,14+,15-,16+,17+/m0/s1. The predicted molar refractivity (Wildman–Crippen MR) is 88.7 cm³/mol. The minimum Gasteiger partial charge on any atom is -0.445 e. The fourth-order valence-electron chi connectivity index (χ4n) is 4.67. The molecule has 0 spiro atoms. The van der Waals surface area contributed by atoms with Gasteiger partial charge in [-0.3, -0.25) is 0 Å². The van der Waals surface area contributed by atoms with Crippen LogP contribution < -0.4 is 4.72 Å². The molecule has 0 saturated heterocycles. The molecule has 3 aliphatic rings. The number of rotatable bonds is 3. The van der Waals surface area contributed by atoms with Gasteiger partial charge in [0.05, 0.1) is 4.90 Å². The SMILES string of the molecule is Cc1ccc(S(=O)(=O)NC(=O)O[C@@H]2C[C@@H]3C[C@@H]2[C@H]2C=CC[C@H]32)cc1. The molecule has 0 aromatic heterocycles. The number of fused-ring (bicyclic) bond motifs is 5. The fourth-order valence-corrected chi connectivity index (χ4v) is 5.55. The van der Waals surface area contributed by atoms with Gasteiger partial charge in [-0.1, -0.05) is 29.8 Å². The highest BCUT2D eigenvalue weighted by Gasteiger charge is 2.53. The van der Waals surface area contributed by atoms with Gasteiger partial charge in [0.25, 0.3) is 10.0 Å². The van der Waals surface area contributed by atoms with E-state index >= 15 is 0 Å². The molecule has 2 saturated carbocycles. The second-order valence-corrected chi connectivity index (χ2v) is 8.85. The third-order valence-corrected chi connectivity index (χ3v) is 7.08. The van der Waals surface area contributed by atoms with E-state index in [9.17, 15) is 13.2 Å². The van der Waals surface area contributed by atoms with Crippen molar-refractivity contribution in [2.24, 2.45) is 23.7 Å². The van der Waals surface area contributed by atoms with Gasteiger partial charge in [0.1, 0.15) is 6.10 Å². The number of carbonyl (C=O) groups is 1. The monoisotopic (exact) mass is 347 g/mol. The number of allylic oxidation sites excluding steroid dienone is 2. The predicted octanol–water partition coefficient (Wildman–Crippen LogP) is 3.01. The van der Waals surface area contributed by atoms with Crippen molar-refractivity contribution in [3.05, 3.63) is 42.0 Å². The van der Waals surface area contributed by atoms with Crippen LogP contribution in [0.5, 0.6) is 0 Å². The molecule has 0 aliphatic heterocycles. The summed E-state index contributed by atoms with van der Waals surface area (Å²) >= 11 is 0. The first-order valence-corrected chi connectivity index (χ1v) is 9.89. The summed E-state index contributed by atoms with van der Waals surface area (Å²) in [6.45, 7) is 1.87. The second kappa shape index (κ2) is 5.62. The Balaban J connectivity index is 1.40.